The lowest BCUT2D eigenvalue weighted by atomic mass is 9.52. The van der Waals surface area contributed by atoms with Crippen LogP contribution in [-0.4, -0.2) is 47.0 Å². The van der Waals surface area contributed by atoms with E-state index in [-0.39, 0.29) is 30.7 Å². The number of likely N-dealkylation sites (tertiary alicyclic amines) is 1. The third-order valence-corrected chi connectivity index (χ3v) is 7.51. The molecule has 1 heterocycles. The molecule has 150 valence electrons. The summed E-state index contributed by atoms with van der Waals surface area (Å²) in [5, 5.41) is 0. The Kier molecular flexibility index (Phi) is 4.56. The lowest BCUT2D eigenvalue weighted by molar-refractivity contribution is -0.141. The molecule has 6 rings (SSSR count). The molecule has 4 aliphatic carbocycles. The molecule has 0 unspecified atom stereocenters. The predicted octanol–water partition coefficient (Wildman–Crippen LogP) is 3.83. The highest BCUT2D eigenvalue weighted by Crippen LogP contribution is 2.57. The number of rotatable bonds is 5. The Morgan fingerprint density at radius 2 is 1.61 bits per heavy atom. The van der Waals surface area contributed by atoms with Crippen LogP contribution in [0.5, 0.6) is 0 Å². The van der Waals surface area contributed by atoms with E-state index in [1.54, 1.807) is 0 Å². The summed E-state index contributed by atoms with van der Waals surface area (Å²) in [5.74, 6) is 2.23. The molecule has 1 aromatic carbocycles. The highest BCUT2D eigenvalue weighted by atomic mass is 16.6. The number of ether oxygens (including phenoxy) is 1. The Morgan fingerprint density at radius 1 is 1.00 bits per heavy atom. The maximum atomic E-state index is 13.2. The Bertz CT molecular complexity index is 708. The molecule has 1 saturated heterocycles. The van der Waals surface area contributed by atoms with Crippen LogP contribution in [0.1, 0.15) is 50.5 Å². The molecular weight excluding hydrogens is 352 g/mol. The number of nitrogens with zero attached hydrogens (tertiary/aromatic N) is 2. The van der Waals surface area contributed by atoms with Gasteiger partial charge in [-0.25, -0.2) is 4.79 Å². The van der Waals surface area contributed by atoms with Crippen LogP contribution in [0.3, 0.4) is 0 Å². The molecule has 0 N–H and O–H groups in total. The van der Waals surface area contributed by atoms with E-state index in [0.29, 0.717) is 0 Å². The molecule has 5 fully saturated rings. The lowest BCUT2D eigenvalue weighted by Gasteiger charge is -2.60. The minimum Gasteiger partial charge on any atom is -0.445 e. The SMILES string of the molecule is O=C(CN(C(=O)OCc1ccccc1)C12CC3CC(CC(C3)C1)C2)N1CCC1. The fourth-order valence-electron chi connectivity index (χ4n) is 6.42. The molecule has 5 aliphatic rings. The quantitative estimate of drug-likeness (QED) is 0.778. The maximum absolute atomic E-state index is 13.2. The van der Waals surface area contributed by atoms with Gasteiger partial charge in [0.1, 0.15) is 13.2 Å². The summed E-state index contributed by atoms with van der Waals surface area (Å²) in [6.07, 6.45) is 7.85. The third-order valence-electron chi connectivity index (χ3n) is 7.51. The lowest BCUT2D eigenvalue weighted by Crippen LogP contribution is -2.63. The molecule has 2 amide bonds. The molecule has 5 heteroatoms. The second-order valence-corrected chi connectivity index (χ2v) is 9.50. The average Bonchev–Trinajstić information content (AvgIpc) is 2.62. The zero-order valence-electron chi connectivity index (χ0n) is 16.5. The molecule has 4 bridgehead atoms. The van der Waals surface area contributed by atoms with Crippen molar-refractivity contribution in [3.63, 3.8) is 0 Å². The second-order valence-electron chi connectivity index (χ2n) is 9.50. The van der Waals surface area contributed by atoms with Gasteiger partial charge in [0.05, 0.1) is 0 Å². The van der Waals surface area contributed by atoms with Crippen LogP contribution in [0.15, 0.2) is 30.3 Å². The first-order chi connectivity index (χ1) is 13.6. The summed E-state index contributed by atoms with van der Waals surface area (Å²) in [4.78, 5) is 29.7. The molecule has 0 spiro atoms. The number of hydrogen-bond acceptors (Lipinski definition) is 3. The van der Waals surface area contributed by atoms with Crippen LogP contribution in [-0.2, 0) is 16.1 Å². The van der Waals surface area contributed by atoms with Gasteiger partial charge < -0.3 is 9.64 Å². The monoisotopic (exact) mass is 382 g/mol. The normalized spacial score (nSPS) is 32.7. The van der Waals surface area contributed by atoms with Crippen LogP contribution in [0, 0.1) is 17.8 Å². The first-order valence-corrected chi connectivity index (χ1v) is 10.9. The van der Waals surface area contributed by atoms with Crippen molar-refractivity contribution in [3.05, 3.63) is 35.9 Å². The molecule has 0 radical (unpaired) electrons. The van der Waals surface area contributed by atoms with Gasteiger partial charge in [-0.15, -0.1) is 0 Å². The van der Waals surface area contributed by atoms with Crippen LogP contribution < -0.4 is 0 Å². The first kappa shape index (κ1) is 18.0. The largest absolute Gasteiger partial charge is 0.445 e. The van der Waals surface area contributed by atoms with Crippen molar-refractivity contribution >= 4 is 12.0 Å². The van der Waals surface area contributed by atoms with Gasteiger partial charge in [-0.05, 0) is 68.3 Å². The van der Waals surface area contributed by atoms with Crippen molar-refractivity contribution < 1.29 is 14.3 Å². The van der Waals surface area contributed by atoms with Crippen molar-refractivity contribution in [1.29, 1.82) is 0 Å². The summed E-state index contributed by atoms with van der Waals surface area (Å²) in [7, 11) is 0. The molecule has 1 aromatic rings. The zero-order valence-corrected chi connectivity index (χ0v) is 16.5. The molecule has 0 aromatic heterocycles. The Morgan fingerprint density at radius 3 is 2.14 bits per heavy atom. The number of carbonyl (C=O) groups is 2. The molecule has 1 aliphatic heterocycles. The number of hydrogen-bond donors (Lipinski definition) is 0. The van der Waals surface area contributed by atoms with E-state index < -0.39 is 0 Å². The highest BCUT2D eigenvalue weighted by molar-refractivity contribution is 5.83. The molecule has 4 saturated carbocycles. The highest BCUT2D eigenvalue weighted by Gasteiger charge is 2.55. The van der Waals surface area contributed by atoms with Gasteiger partial charge in [0.2, 0.25) is 5.91 Å². The van der Waals surface area contributed by atoms with Crippen molar-refractivity contribution in [2.45, 2.75) is 57.1 Å². The summed E-state index contributed by atoms with van der Waals surface area (Å²) in [6.45, 7) is 2.10. The molecular formula is C23H30N2O3. The van der Waals surface area contributed by atoms with Crippen LogP contribution in [0.25, 0.3) is 0 Å². The maximum Gasteiger partial charge on any atom is 0.411 e. The third kappa shape index (κ3) is 3.29. The van der Waals surface area contributed by atoms with E-state index in [2.05, 4.69) is 0 Å². The van der Waals surface area contributed by atoms with Crippen molar-refractivity contribution in [2.24, 2.45) is 17.8 Å². The number of benzene rings is 1. The van der Waals surface area contributed by atoms with Gasteiger partial charge in [-0.3, -0.25) is 9.69 Å². The van der Waals surface area contributed by atoms with E-state index in [9.17, 15) is 9.59 Å². The minimum absolute atomic E-state index is 0.0821. The average molecular weight is 383 g/mol. The smallest absolute Gasteiger partial charge is 0.411 e. The van der Waals surface area contributed by atoms with E-state index in [1.807, 2.05) is 40.1 Å². The minimum atomic E-state index is -0.306. The first-order valence-electron chi connectivity index (χ1n) is 10.9. The van der Waals surface area contributed by atoms with Crippen LogP contribution in [0.4, 0.5) is 4.79 Å². The standard InChI is InChI=1S/C23H30N2O3/c26-21(24-7-4-8-24)15-25(22(27)28-16-17-5-2-1-3-6-17)23-12-18-9-19(13-23)11-20(10-18)14-23/h1-3,5-6,18-20H,4,7-16H2. The molecule has 5 nitrogen and oxygen atoms in total. The Labute approximate surface area is 167 Å². The van der Waals surface area contributed by atoms with Crippen molar-refractivity contribution in [1.82, 2.24) is 9.80 Å². The summed E-state index contributed by atoms with van der Waals surface area (Å²) >= 11 is 0. The second kappa shape index (κ2) is 7.09. The Balaban J connectivity index is 1.35. The van der Waals surface area contributed by atoms with Gasteiger partial charge in [0.15, 0.2) is 0 Å². The Hall–Kier alpha value is -2.04. The zero-order chi connectivity index (χ0) is 19.1. The number of amides is 2. The fraction of sp³-hybridized carbons (Fsp3) is 0.652. The summed E-state index contributed by atoms with van der Waals surface area (Å²) in [6, 6.07) is 9.79. The number of carbonyl (C=O) groups excluding carboxylic acids is 2. The van der Waals surface area contributed by atoms with E-state index in [1.165, 1.54) is 19.3 Å². The molecule has 0 atom stereocenters. The van der Waals surface area contributed by atoms with Crippen LogP contribution in [0.2, 0.25) is 0 Å². The predicted molar refractivity (Wildman–Crippen MR) is 105 cm³/mol. The van der Waals surface area contributed by atoms with E-state index in [0.717, 1.165) is 62.1 Å². The van der Waals surface area contributed by atoms with Gasteiger partial charge in [0, 0.05) is 18.6 Å². The van der Waals surface area contributed by atoms with Crippen molar-refractivity contribution in [2.75, 3.05) is 19.6 Å². The van der Waals surface area contributed by atoms with Gasteiger partial charge in [-0.2, -0.15) is 0 Å². The van der Waals surface area contributed by atoms with E-state index >= 15 is 0 Å². The van der Waals surface area contributed by atoms with Gasteiger partial charge in [-0.1, -0.05) is 30.3 Å². The fourth-order valence-corrected chi connectivity index (χ4v) is 6.42. The van der Waals surface area contributed by atoms with Crippen molar-refractivity contribution in [3.8, 4) is 0 Å². The van der Waals surface area contributed by atoms with Gasteiger partial charge in [0.25, 0.3) is 0 Å². The van der Waals surface area contributed by atoms with Gasteiger partial charge >= 0.3 is 6.09 Å². The summed E-state index contributed by atoms with van der Waals surface area (Å²) < 4.78 is 5.73. The topological polar surface area (TPSA) is 49.9 Å². The molecule has 28 heavy (non-hydrogen) atoms. The van der Waals surface area contributed by atoms with Crippen LogP contribution >= 0.6 is 0 Å². The van der Waals surface area contributed by atoms with E-state index in [4.69, 9.17) is 4.74 Å². The summed E-state index contributed by atoms with van der Waals surface area (Å²) in [5.41, 5.74) is 0.818.